The minimum Gasteiger partial charge on any atom is -0.358 e. The molecule has 0 bridgehead atoms. The molecule has 0 amide bonds. The molecule has 150 valence electrons. The van der Waals surface area contributed by atoms with Crippen molar-refractivity contribution < 1.29 is 12.2 Å². The normalized spacial score (nSPS) is 12.1. The molecule has 4 aromatic rings. The predicted molar refractivity (Wildman–Crippen MR) is 111 cm³/mol. The Morgan fingerprint density at radius 2 is 2.03 bits per heavy atom. The van der Waals surface area contributed by atoms with Crippen LogP contribution in [-0.4, -0.2) is 24.9 Å². The van der Waals surface area contributed by atoms with E-state index in [4.69, 9.17) is 11.6 Å². The van der Waals surface area contributed by atoms with E-state index in [-0.39, 0.29) is 32.0 Å². The molecule has 1 atom stereocenters. The topological polar surface area (TPSA) is 110 Å². The molecule has 0 saturated heterocycles. The highest BCUT2D eigenvalue weighted by Gasteiger charge is 2.21. The molecule has 0 spiro atoms. The minimum atomic E-state index is -0.558. The summed E-state index contributed by atoms with van der Waals surface area (Å²) in [6.45, 7) is 1.80. The van der Waals surface area contributed by atoms with Crippen molar-refractivity contribution in [2.75, 3.05) is 5.32 Å². The number of nitro groups is 1. The highest BCUT2D eigenvalue weighted by atomic mass is 35.5. The molecule has 2 N–H and O–H groups in total. The molecule has 29 heavy (non-hydrogen) atoms. The molecule has 0 unspecified atom stereocenters. The van der Waals surface area contributed by atoms with Crippen LogP contribution in [0, 0.1) is 15.9 Å². The first kappa shape index (κ1) is 18.8. The van der Waals surface area contributed by atoms with E-state index < -0.39 is 4.92 Å². The Bertz CT molecular complexity index is 1220. The third-order valence-electron chi connectivity index (χ3n) is 4.43. The SMILES string of the molecule is C[C@H](Nc1nc(-c2c[nH]c3ncc(Cl)cc23)ncc1[N+](=O)[O-])c1ccc(F)cc1.[HH].[HH]. The molecule has 0 aliphatic carbocycles. The van der Waals surface area contributed by atoms with Gasteiger partial charge in [-0.1, -0.05) is 23.7 Å². The number of aromatic amines is 1. The zero-order chi connectivity index (χ0) is 20.5. The summed E-state index contributed by atoms with van der Waals surface area (Å²) in [5.41, 5.74) is 1.70. The summed E-state index contributed by atoms with van der Waals surface area (Å²) >= 11 is 6.04. The van der Waals surface area contributed by atoms with Gasteiger partial charge in [-0.05, 0) is 30.7 Å². The third kappa shape index (κ3) is 3.72. The molecular weight excluding hydrogens is 399 g/mol. The standard InChI is InChI=1S/C19H14ClFN6O2.2H2/c1-10(11-2-4-13(21)5-3-11)25-19-16(27(28)29)9-24-18(26-19)15-8-23-17-14(15)6-12(20)7-22-17;;/h2-10H,1H3,(H,22,23)(H,24,25,26);2*1H/t10-;;/m0../s1. The number of pyridine rings is 1. The van der Waals surface area contributed by atoms with Gasteiger partial charge in [-0.2, -0.15) is 0 Å². The van der Waals surface area contributed by atoms with Crippen molar-refractivity contribution in [3.63, 3.8) is 0 Å². The first-order valence-corrected chi connectivity index (χ1v) is 8.96. The maximum atomic E-state index is 13.2. The number of hydrogen-bond donors (Lipinski definition) is 2. The second kappa shape index (κ2) is 7.44. The number of H-pyrrole nitrogens is 1. The maximum absolute atomic E-state index is 13.2. The van der Waals surface area contributed by atoms with Gasteiger partial charge in [0.05, 0.1) is 16.0 Å². The smallest absolute Gasteiger partial charge is 0.329 e. The molecule has 3 aromatic heterocycles. The quantitative estimate of drug-likeness (QED) is 0.333. The number of anilines is 1. The molecule has 0 fully saturated rings. The van der Waals surface area contributed by atoms with Crippen LogP contribution in [0.1, 0.15) is 21.4 Å². The Kier molecular flexibility index (Phi) is 4.81. The van der Waals surface area contributed by atoms with Gasteiger partial charge in [0.25, 0.3) is 0 Å². The second-order valence-electron chi connectivity index (χ2n) is 6.35. The fraction of sp³-hybridized carbons (Fsp3) is 0.105. The van der Waals surface area contributed by atoms with Crippen molar-refractivity contribution in [2.45, 2.75) is 13.0 Å². The molecule has 0 aliphatic rings. The Balaban J connectivity index is 0.00000171. The van der Waals surface area contributed by atoms with Gasteiger partial charge in [0.1, 0.15) is 17.7 Å². The lowest BCUT2D eigenvalue weighted by atomic mass is 10.1. The number of hydrogen-bond acceptors (Lipinski definition) is 6. The van der Waals surface area contributed by atoms with E-state index in [1.165, 1.54) is 18.3 Å². The van der Waals surface area contributed by atoms with E-state index in [0.717, 1.165) is 11.8 Å². The van der Waals surface area contributed by atoms with Gasteiger partial charge in [-0.25, -0.2) is 19.3 Å². The first-order valence-electron chi connectivity index (χ1n) is 8.59. The van der Waals surface area contributed by atoms with Gasteiger partial charge < -0.3 is 10.3 Å². The van der Waals surface area contributed by atoms with E-state index in [1.807, 2.05) is 0 Å². The molecule has 10 heteroatoms. The third-order valence-corrected chi connectivity index (χ3v) is 4.63. The molecular formula is C19H18ClFN6O2. The van der Waals surface area contributed by atoms with E-state index >= 15 is 0 Å². The lowest BCUT2D eigenvalue weighted by Crippen LogP contribution is -2.11. The van der Waals surface area contributed by atoms with Gasteiger partial charge in [0.15, 0.2) is 5.82 Å². The Labute approximate surface area is 171 Å². The minimum absolute atomic E-state index is 0. The van der Waals surface area contributed by atoms with E-state index in [2.05, 4.69) is 25.3 Å². The fourth-order valence-corrected chi connectivity index (χ4v) is 3.11. The van der Waals surface area contributed by atoms with Crippen molar-refractivity contribution in [1.29, 1.82) is 0 Å². The Morgan fingerprint density at radius 1 is 1.28 bits per heavy atom. The van der Waals surface area contributed by atoms with E-state index in [1.54, 1.807) is 31.3 Å². The van der Waals surface area contributed by atoms with Crippen LogP contribution >= 0.6 is 11.6 Å². The molecule has 3 heterocycles. The second-order valence-corrected chi connectivity index (χ2v) is 6.79. The fourth-order valence-electron chi connectivity index (χ4n) is 2.95. The number of nitrogens with one attached hydrogen (secondary N) is 2. The first-order chi connectivity index (χ1) is 13.9. The van der Waals surface area contributed by atoms with Gasteiger partial charge in [0.2, 0.25) is 5.82 Å². The maximum Gasteiger partial charge on any atom is 0.329 e. The van der Waals surface area contributed by atoms with Crippen LogP contribution in [0.25, 0.3) is 22.4 Å². The molecule has 4 rings (SSSR count). The number of nitrogens with zero attached hydrogens (tertiary/aromatic N) is 4. The van der Waals surface area contributed by atoms with Gasteiger partial charge in [-0.15, -0.1) is 0 Å². The van der Waals surface area contributed by atoms with Crippen LogP contribution in [0.4, 0.5) is 15.9 Å². The van der Waals surface area contributed by atoms with Crippen molar-refractivity contribution in [3.05, 3.63) is 75.4 Å². The lowest BCUT2D eigenvalue weighted by Gasteiger charge is -2.15. The summed E-state index contributed by atoms with van der Waals surface area (Å²) in [7, 11) is 0. The van der Waals surface area contributed by atoms with Crippen molar-refractivity contribution in [2.24, 2.45) is 0 Å². The molecule has 0 aliphatic heterocycles. The zero-order valence-electron chi connectivity index (χ0n) is 15.1. The number of fused-ring (bicyclic) bond motifs is 1. The van der Waals surface area contributed by atoms with E-state index in [0.29, 0.717) is 21.6 Å². The van der Waals surface area contributed by atoms with Gasteiger partial charge in [0, 0.05) is 26.2 Å². The average Bonchev–Trinajstić information content (AvgIpc) is 3.11. The summed E-state index contributed by atoms with van der Waals surface area (Å²) < 4.78 is 13.2. The van der Waals surface area contributed by atoms with Crippen LogP contribution in [0.2, 0.25) is 5.02 Å². The van der Waals surface area contributed by atoms with Crippen LogP contribution in [0.3, 0.4) is 0 Å². The van der Waals surface area contributed by atoms with Crippen LogP contribution in [0.15, 0.2) is 48.9 Å². The number of halogens is 2. The van der Waals surface area contributed by atoms with Crippen LogP contribution < -0.4 is 5.32 Å². The summed E-state index contributed by atoms with van der Waals surface area (Å²) in [6.07, 6.45) is 4.33. The molecule has 8 nitrogen and oxygen atoms in total. The van der Waals surface area contributed by atoms with Crippen LogP contribution in [0.5, 0.6) is 0 Å². The number of benzene rings is 1. The van der Waals surface area contributed by atoms with Crippen LogP contribution in [-0.2, 0) is 0 Å². The summed E-state index contributed by atoms with van der Waals surface area (Å²) in [5.74, 6) is -0.0243. The van der Waals surface area contributed by atoms with Gasteiger partial charge in [-0.3, -0.25) is 10.1 Å². The zero-order valence-corrected chi connectivity index (χ0v) is 15.8. The number of rotatable bonds is 5. The Morgan fingerprint density at radius 3 is 2.76 bits per heavy atom. The Hall–Kier alpha value is -3.59. The van der Waals surface area contributed by atoms with Crippen molar-refractivity contribution in [3.8, 4) is 11.4 Å². The number of aromatic nitrogens is 4. The lowest BCUT2D eigenvalue weighted by molar-refractivity contribution is -0.384. The summed E-state index contributed by atoms with van der Waals surface area (Å²) in [5, 5.41) is 15.6. The van der Waals surface area contributed by atoms with Crippen molar-refractivity contribution in [1.82, 2.24) is 19.9 Å². The van der Waals surface area contributed by atoms with Gasteiger partial charge >= 0.3 is 5.69 Å². The summed E-state index contributed by atoms with van der Waals surface area (Å²) in [4.78, 5) is 26.6. The highest BCUT2D eigenvalue weighted by Crippen LogP contribution is 2.31. The molecule has 0 radical (unpaired) electrons. The largest absolute Gasteiger partial charge is 0.358 e. The monoisotopic (exact) mass is 416 g/mol. The predicted octanol–water partition coefficient (Wildman–Crippen LogP) is 5.39. The highest BCUT2D eigenvalue weighted by molar-refractivity contribution is 6.31. The van der Waals surface area contributed by atoms with Crippen molar-refractivity contribution >= 4 is 34.1 Å². The molecule has 1 aromatic carbocycles. The van der Waals surface area contributed by atoms with E-state index in [9.17, 15) is 14.5 Å². The summed E-state index contributed by atoms with van der Waals surface area (Å²) in [6, 6.07) is 7.24. The average molecular weight is 417 g/mol. The molecule has 0 saturated carbocycles.